The van der Waals surface area contributed by atoms with Crippen molar-refractivity contribution in [3.8, 4) is 0 Å². The fourth-order valence-electron chi connectivity index (χ4n) is 1.76. The molecule has 0 aromatic heterocycles. The summed E-state index contributed by atoms with van der Waals surface area (Å²) in [6, 6.07) is 0. The molecule has 0 amide bonds. The molecule has 1 N–H and O–H groups in total. The van der Waals surface area contributed by atoms with Gasteiger partial charge in [0.25, 0.3) is 0 Å². The molecule has 0 aliphatic heterocycles. The molecule has 0 fully saturated rings. The molecule has 0 rings (SSSR count). The fourth-order valence-corrected chi connectivity index (χ4v) is 1.76. The molecule has 0 aromatic rings. The predicted octanol–water partition coefficient (Wildman–Crippen LogP) is 2.77. The number of hydrogen-bond acceptors (Lipinski definition) is 1. The minimum absolute atomic E-state index is 0.787. The normalized spacial score (nSPS) is 17.0. The molecule has 0 aliphatic rings. The summed E-state index contributed by atoms with van der Waals surface area (Å²) in [7, 11) is 2.04. The van der Waals surface area contributed by atoms with E-state index < -0.39 is 0 Å². The first-order valence-electron chi connectivity index (χ1n) is 5.15. The standard InChI is InChI=1S/C11H25N/c1-8(2)10(5)11(7-12-6)9(3)4/h8-12H,7H2,1-6H3. The van der Waals surface area contributed by atoms with Crippen LogP contribution in [-0.2, 0) is 0 Å². The number of rotatable bonds is 5. The first-order chi connectivity index (χ1) is 5.50. The third-order valence-electron chi connectivity index (χ3n) is 3.02. The molecule has 0 saturated heterocycles. The second-order valence-corrected chi connectivity index (χ2v) is 4.57. The van der Waals surface area contributed by atoms with Crippen molar-refractivity contribution >= 4 is 0 Å². The van der Waals surface area contributed by atoms with Crippen LogP contribution in [0.2, 0.25) is 0 Å². The van der Waals surface area contributed by atoms with Crippen molar-refractivity contribution in [1.29, 1.82) is 0 Å². The van der Waals surface area contributed by atoms with Crippen LogP contribution in [0.15, 0.2) is 0 Å². The summed E-state index contributed by atoms with van der Waals surface area (Å²) in [5, 5.41) is 3.28. The van der Waals surface area contributed by atoms with Gasteiger partial charge in [0, 0.05) is 0 Å². The quantitative estimate of drug-likeness (QED) is 0.670. The summed E-state index contributed by atoms with van der Waals surface area (Å²) in [6.45, 7) is 12.8. The van der Waals surface area contributed by atoms with Gasteiger partial charge in [0.2, 0.25) is 0 Å². The van der Waals surface area contributed by atoms with Gasteiger partial charge in [-0.1, -0.05) is 34.6 Å². The minimum Gasteiger partial charge on any atom is -0.319 e. The van der Waals surface area contributed by atoms with E-state index in [1.165, 1.54) is 0 Å². The van der Waals surface area contributed by atoms with Gasteiger partial charge >= 0.3 is 0 Å². The van der Waals surface area contributed by atoms with Crippen LogP contribution in [0.4, 0.5) is 0 Å². The van der Waals surface area contributed by atoms with Crippen LogP contribution >= 0.6 is 0 Å². The van der Waals surface area contributed by atoms with Crippen LogP contribution in [-0.4, -0.2) is 13.6 Å². The van der Waals surface area contributed by atoms with Gasteiger partial charge in [-0.2, -0.15) is 0 Å². The van der Waals surface area contributed by atoms with E-state index in [4.69, 9.17) is 0 Å². The highest BCUT2D eigenvalue weighted by atomic mass is 14.8. The van der Waals surface area contributed by atoms with Gasteiger partial charge in [0.05, 0.1) is 0 Å². The van der Waals surface area contributed by atoms with E-state index in [0.29, 0.717) is 0 Å². The maximum absolute atomic E-state index is 3.28. The van der Waals surface area contributed by atoms with Crippen LogP contribution < -0.4 is 5.32 Å². The molecule has 0 bridgehead atoms. The molecule has 0 radical (unpaired) electrons. The highest BCUT2D eigenvalue weighted by Crippen LogP contribution is 2.26. The van der Waals surface area contributed by atoms with Crippen LogP contribution in [0.1, 0.15) is 34.6 Å². The molecule has 0 heterocycles. The van der Waals surface area contributed by atoms with Gasteiger partial charge in [-0.25, -0.2) is 0 Å². The lowest BCUT2D eigenvalue weighted by molar-refractivity contribution is 0.212. The molecule has 1 heteroatoms. The summed E-state index contributed by atoms with van der Waals surface area (Å²) in [6.07, 6.45) is 0. The third kappa shape index (κ3) is 3.57. The average Bonchev–Trinajstić information content (AvgIpc) is 1.98. The smallest absolute Gasteiger partial charge is 0.00184 e. The van der Waals surface area contributed by atoms with E-state index in [-0.39, 0.29) is 0 Å². The Morgan fingerprint density at radius 3 is 1.67 bits per heavy atom. The summed E-state index contributed by atoms with van der Waals surface area (Å²) in [4.78, 5) is 0. The van der Waals surface area contributed by atoms with Crippen molar-refractivity contribution in [3.63, 3.8) is 0 Å². The Labute approximate surface area is 77.9 Å². The van der Waals surface area contributed by atoms with Gasteiger partial charge in [0.1, 0.15) is 0 Å². The van der Waals surface area contributed by atoms with Crippen LogP contribution in [0.3, 0.4) is 0 Å². The maximum atomic E-state index is 3.28. The second kappa shape index (κ2) is 5.58. The summed E-state index contributed by atoms with van der Waals surface area (Å²) in [5.41, 5.74) is 0. The maximum Gasteiger partial charge on any atom is -0.00184 e. The average molecular weight is 171 g/mol. The zero-order valence-electron chi connectivity index (χ0n) is 9.52. The van der Waals surface area contributed by atoms with Gasteiger partial charge in [-0.05, 0) is 37.3 Å². The fraction of sp³-hybridized carbons (Fsp3) is 1.00. The Morgan fingerprint density at radius 2 is 1.42 bits per heavy atom. The van der Waals surface area contributed by atoms with Crippen molar-refractivity contribution in [2.75, 3.05) is 13.6 Å². The van der Waals surface area contributed by atoms with Gasteiger partial charge < -0.3 is 5.32 Å². The van der Waals surface area contributed by atoms with E-state index in [9.17, 15) is 0 Å². The Balaban J connectivity index is 4.09. The van der Waals surface area contributed by atoms with E-state index in [0.717, 1.165) is 30.2 Å². The lowest BCUT2D eigenvalue weighted by atomic mass is 9.78. The van der Waals surface area contributed by atoms with E-state index >= 15 is 0 Å². The molecule has 74 valence electrons. The second-order valence-electron chi connectivity index (χ2n) is 4.57. The molecule has 0 saturated carbocycles. The molecule has 0 aromatic carbocycles. The minimum atomic E-state index is 0.787. The third-order valence-corrected chi connectivity index (χ3v) is 3.02. The molecular weight excluding hydrogens is 146 g/mol. The first kappa shape index (κ1) is 12.0. The molecule has 0 spiro atoms. The lowest BCUT2D eigenvalue weighted by Gasteiger charge is -2.30. The van der Waals surface area contributed by atoms with Crippen molar-refractivity contribution in [2.24, 2.45) is 23.7 Å². The molecule has 0 aliphatic carbocycles. The summed E-state index contributed by atoms with van der Waals surface area (Å²) in [5.74, 6) is 3.22. The number of nitrogens with one attached hydrogen (secondary N) is 1. The molecule has 2 atom stereocenters. The zero-order valence-corrected chi connectivity index (χ0v) is 9.52. The molecule has 12 heavy (non-hydrogen) atoms. The van der Waals surface area contributed by atoms with E-state index in [1.807, 2.05) is 7.05 Å². The molecular formula is C11H25N. The zero-order chi connectivity index (χ0) is 9.72. The van der Waals surface area contributed by atoms with E-state index in [1.54, 1.807) is 0 Å². The molecule has 2 unspecified atom stereocenters. The SMILES string of the molecule is CNCC(C(C)C)C(C)C(C)C. The largest absolute Gasteiger partial charge is 0.319 e. The predicted molar refractivity (Wildman–Crippen MR) is 56.3 cm³/mol. The van der Waals surface area contributed by atoms with Crippen molar-refractivity contribution in [2.45, 2.75) is 34.6 Å². The van der Waals surface area contributed by atoms with Crippen LogP contribution in [0.25, 0.3) is 0 Å². The highest BCUT2D eigenvalue weighted by Gasteiger charge is 2.22. The number of hydrogen-bond donors (Lipinski definition) is 1. The highest BCUT2D eigenvalue weighted by molar-refractivity contribution is 4.73. The van der Waals surface area contributed by atoms with Crippen molar-refractivity contribution in [1.82, 2.24) is 5.32 Å². The topological polar surface area (TPSA) is 12.0 Å². The molecule has 1 nitrogen and oxygen atoms in total. The Hall–Kier alpha value is -0.0400. The Morgan fingerprint density at radius 1 is 0.917 bits per heavy atom. The Bertz CT molecular complexity index is 108. The van der Waals surface area contributed by atoms with Crippen molar-refractivity contribution in [3.05, 3.63) is 0 Å². The van der Waals surface area contributed by atoms with Gasteiger partial charge in [-0.3, -0.25) is 0 Å². The summed E-state index contributed by atoms with van der Waals surface area (Å²) >= 11 is 0. The van der Waals surface area contributed by atoms with E-state index in [2.05, 4.69) is 39.9 Å². The van der Waals surface area contributed by atoms with Crippen LogP contribution in [0, 0.1) is 23.7 Å². The first-order valence-corrected chi connectivity index (χ1v) is 5.15. The van der Waals surface area contributed by atoms with Crippen LogP contribution in [0.5, 0.6) is 0 Å². The van der Waals surface area contributed by atoms with Gasteiger partial charge in [-0.15, -0.1) is 0 Å². The summed E-state index contributed by atoms with van der Waals surface area (Å²) < 4.78 is 0. The monoisotopic (exact) mass is 171 g/mol. The lowest BCUT2D eigenvalue weighted by Crippen LogP contribution is -2.31. The van der Waals surface area contributed by atoms with Crippen molar-refractivity contribution < 1.29 is 0 Å². The van der Waals surface area contributed by atoms with Gasteiger partial charge in [0.15, 0.2) is 0 Å². The Kier molecular flexibility index (Phi) is 5.56.